The molecule has 0 bridgehead atoms. The zero-order chi connectivity index (χ0) is 18.3. The molecule has 0 spiro atoms. The van der Waals surface area contributed by atoms with E-state index >= 15 is 0 Å². The number of ether oxygens (including phenoxy) is 2. The fourth-order valence-electron chi connectivity index (χ4n) is 2.03. The lowest BCUT2D eigenvalue weighted by Gasteiger charge is -2.14. The number of hydrogen-bond acceptors (Lipinski definition) is 4. The number of benzene rings is 2. The number of hydrogen-bond donors (Lipinski definition) is 1. The molecule has 0 amide bonds. The van der Waals surface area contributed by atoms with Gasteiger partial charge in [-0.2, -0.15) is 0 Å². The van der Waals surface area contributed by atoms with Gasteiger partial charge in [-0.25, -0.2) is 0 Å². The second-order valence-corrected chi connectivity index (χ2v) is 5.45. The third-order valence-corrected chi connectivity index (χ3v) is 3.31. The van der Waals surface area contributed by atoms with E-state index in [9.17, 15) is 18.0 Å². The molecule has 1 atom stereocenters. The van der Waals surface area contributed by atoms with Crippen molar-refractivity contribution in [1.82, 2.24) is 0 Å². The van der Waals surface area contributed by atoms with E-state index in [0.717, 1.165) is 5.56 Å². The first-order valence-corrected chi connectivity index (χ1v) is 7.64. The summed E-state index contributed by atoms with van der Waals surface area (Å²) in [5, 5.41) is 2.90. The van der Waals surface area contributed by atoms with Crippen molar-refractivity contribution in [1.29, 1.82) is 0 Å². The maximum Gasteiger partial charge on any atom is 0.573 e. The Bertz CT molecular complexity index is 689. The minimum absolute atomic E-state index is 0.179. The van der Waals surface area contributed by atoms with Crippen LogP contribution in [0.4, 0.5) is 18.9 Å². The highest BCUT2D eigenvalue weighted by Crippen LogP contribution is 2.25. The Morgan fingerprint density at radius 1 is 1.12 bits per heavy atom. The molecule has 134 valence electrons. The molecule has 0 heterocycles. The van der Waals surface area contributed by atoms with Crippen LogP contribution in [0, 0.1) is 5.92 Å². The van der Waals surface area contributed by atoms with Crippen LogP contribution in [0.1, 0.15) is 12.5 Å². The van der Waals surface area contributed by atoms with Crippen molar-refractivity contribution in [3.05, 3.63) is 60.2 Å². The molecule has 7 heteroatoms. The monoisotopic (exact) mass is 353 g/mol. The van der Waals surface area contributed by atoms with Gasteiger partial charge in [-0.05, 0) is 17.7 Å². The van der Waals surface area contributed by atoms with E-state index in [4.69, 9.17) is 4.74 Å². The summed E-state index contributed by atoms with van der Waals surface area (Å²) in [6.07, 6.45) is -4.74. The summed E-state index contributed by atoms with van der Waals surface area (Å²) >= 11 is 0. The average molecular weight is 353 g/mol. The maximum atomic E-state index is 12.2. The number of esters is 1. The van der Waals surface area contributed by atoms with Gasteiger partial charge in [0.25, 0.3) is 0 Å². The highest BCUT2D eigenvalue weighted by Gasteiger charge is 2.31. The smallest absolute Gasteiger partial charge is 0.461 e. The molecule has 4 nitrogen and oxygen atoms in total. The summed E-state index contributed by atoms with van der Waals surface area (Å²) in [5.41, 5.74) is 1.30. The lowest BCUT2D eigenvalue weighted by Crippen LogP contribution is -2.22. The van der Waals surface area contributed by atoms with E-state index < -0.39 is 12.3 Å². The van der Waals surface area contributed by atoms with E-state index in [1.54, 1.807) is 13.0 Å². The molecular formula is C18H18F3NO3. The van der Waals surface area contributed by atoms with E-state index in [1.165, 1.54) is 18.2 Å². The third-order valence-electron chi connectivity index (χ3n) is 3.31. The Balaban J connectivity index is 1.81. The molecule has 2 aromatic rings. The molecule has 0 saturated heterocycles. The van der Waals surface area contributed by atoms with E-state index in [-0.39, 0.29) is 24.9 Å². The molecule has 0 aromatic heterocycles. The Morgan fingerprint density at radius 3 is 2.52 bits per heavy atom. The first-order chi connectivity index (χ1) is 11.8. The van der Waals surface area contributed by atoms with Crippen molar-refractivity contribution in [3.8, 4) is 5.75 Å². The minimum Gasteiger partial charge on any atom is -0.461 e. The fraction of sp³-hybridized carbons (Fsp3) is 0.278. The van der Waals surface area contributed by atoms with Crippen LogP contribution in [-0.4, -0.2) is 18.9 Å². The first kappa shape index (κ1) is 18.6. The van der Waals surface area contributed by atoms with Crippen molar-refractivity contribution in [2.24, 2.45) is 5.92 Å². The van der Waals surface area contributed by atoms with Crippen LogP contribution in [0.3, 0.4) is 0 Å². The molecule has 0 radical (unpaired) electrons. The molecule has 25 heavy (non-hydrogen) atoms. The molecule has 0 aliphatic rings. The van der Waals surface area contributed by atoms with Gasteiger partial charge in [0.2, 0.25) is 0 Å². The molecule has 0 saturated carbocycles. The molecule has 2 rings (SSSR count). The molecular weight excluding hydrogens is 335 g/mol. The normalized spacial score (nSPS) is 12.3. The number of halogens is 3. The van der Waals surface area contributed by atoms with Crippen molar-refractivity contribution in [3.63, 3.8) is 0 Å². The molecule has 0 fully saturated rings. The van der Waals surface area contributed by atoms with Gasteiger partial charge < -0.3 is 14.8 Å². The van der Waals surface area contributed by atoms with Crippen molar-refractivity contribution in [2.45, 2.75) is 19.9 Å². The molecule has 1 N–H and O–H groups in total. The number of alkyl halides is 3. The minimum atomic E-state index is -4.74. The summed E-state index contributed by atoms with van der Waals surface area (Å²) in [6, 6.07) is 14.7. The number of anilines is 1. The first-order valence-electron chi connectivity index (χ1n) is 7.64. The maximum absolute atomic E-state index is 12.2. The summed E-state index contributed by atoms with van der Waals surface area (Å²) in [4.78, 5) is 12.0. The topological polar surface area (TPSA) is 47.6 Å². The van der Waals surface area contributed by atoms with Gasteiger partial charge in [0, 0.05) is 18.3 Å². The second-order valence-electron chi connectivity index (χ2n) is 5.45. The van der Waals surface area contributed by atoms with Gasteiger partial charge in [0.15, 0.2) is 0 Å². The number of carbonyl (C=O) groups excluding carboxylic acids is 1. The highest BCUT2D eigenvalue weighted by molar-refractivity contribution is 5.72. The van der Waals surface area contributed by atoms with Crippen LogP contribution in [-0.2, 0) is 16.1 Å². The van der Waals surface area contributed by atoms with Crippen LogP contribution < -0.4 is 10.1 Å². The van der Waals surface area contributed by atoms with E-state index in [0.29, 0.717) is 5.69 Å². The SMILES string of the molecule is CC(CNc1cccc(OC(F)(F)F)c1)C(=O)OCc1ccccc1. The Kier molecular flexibility index (Phi) is 6.27. The molecule has 0 aliphatic carbocycles. The van der Waals surface area contributed by atoms with E-state index in [1.807, 2.05) is 30.3 Å². The summed E-state index contributed by atoms with van der Waals surface area (Å²) in [7, 11) is 0. The van der Waals surface area contributed by atoms with Gasteiger partial charge >= 0.3 is 12.3 Å². The van der Waals surface area contributed by atoms with Gasteiger partial charge in [-0.15, -0.1) is 13.2 Å². The van der Waals surface area contributed by atoms with Crippen LogP contribution in [0.25, 0.3) is 0 Å². The Labute approximate surface area is 143 Å². The highest BCUT2D eigenvalue weighted by atomic mass is 19.4. The lowest BCUT2D eigenvalue weighted by atomic mass is 10.1. The van der Waals surface area contributed by atoms with Gasteiger partial charge in [-0.3, -0.25) is 4.79 Å². The number of rotatable bonds is 7. The predicted molar refractivity (Wildman–Crippen MR) is 87.0 cm³/mol. The standard InChI is InChI=1S/C18H18F3NO3/c1-13(17(23)24-12-14-6-3-2-4-7-14)11-22-15-8-5-9-16(10-15)25-18(19,20)21/h2-10,13,22H,11-12H2,1H3. The van der Waals surface area contributed by atoms with Crippen LogP contribution in [0.15, 0.2) is 54.6 Å². The zero-order valence-electron chi connectivity index (χ0n) is 13.5. The third kappa shape index (κ3) is 6.74. The molecule has 1 unspecified atom stereocenters. The largest absolute Gasteiger partial charge is 0.573 e. The molecule has 2 aromatic carbocycles. The van der Waals surface area contributed by atoms with Gasteiger partial charge in [-0.1, -0.05) is 43.3 Å². The van der Waals surface area contributed by atoms with Gasteiger partial charge in [0.05, 0.1) is 5.92 Å². The van der Waals surface area contributed by atoms with Crippen molar-refractivity contribution < 1.29 is 27.4 Å². The van der Waals surface area contributed by atoms with Crippen molar-refractivity contribution in [2.75, 3.05) is 11.9 Å². The summed E-state index contributed by atoms with van der Waals surface area (Å²) in [5.74, 6) is -1.17. The van der Waals surface area contributed by atoms with Crippen molar-refractivity contribution >= 4 is 11.7 Å². The summed E-state index contributed by atoms with van der Waals surface area (Å²) < 4.78 is 45.7. The van der Waals surface area contributed by atoms with Gasteiger partial charge in [0.1, 0.15) is 12.4 Å². The predicted octanol–water partition coefficient (Wildman–Crippen LogP) is 4.38. The second kappa shape index (κ2) is 8.41. The zero-order valence-corrected chi connectivity index (χ0v) is 13.5. The lowest BCUT2D eigenvalue weighted by molar-refractivity contribution is -0.274. The number of nitrogens with one attached hydrogen (secondary N) is 1. The Hall–Kier alpha value is -2.70. The number of carbonyl (C=O) groups is 1. The quantitative estimate of drug-likeness (QED) is 0.751. The van der Waals surface area contributed by atoms with Crippen LogP contribution in [0.5, 0.6) is 5.75 Å². The van der Waals surface area contributed by atoms with E-state index in [2.05, 4.69) is 10.1 Å². The Morgan fingerprint density at radius 2 is 1.84 bits per heavy atom. The molecule has 0 aliphatic heterocycles. The fourth-order valence-corrected chi connectivity index (χ4v) is 2.03. The van der Waals surface area contributed by atoms with Crippen LogP contribution >= 0.6 is 0 Å². The van der Waals surface area contributed by atoms with Crippen LogP contribution in [0.2, 0.25) is 0 Å². The summed E-state index contributed by atoms with van der Waals surface area (Å²) in [6.45, 7) is 2.08. The average Bonchev–Trinajstić information content (AvgIpc) is 2.57.